The molecule has 0 bridgehead atoms. The summed E-state index contributed by atoms with van der Waals surface area (Å²) in [4.78, 5) is 25.0. The Morgan fingerprint density at radius 2 is 1.92 bits per heavy atom. The second-order valence-electron chi connectivity index (χ2n) is 6.75. The van der Waals surface area contributed by atoms with Crippen molar-refractivity contribution in [1.82, 2.24) is 14.9 Å². The van der Waals surface area contributed by atoms with Gasteiger partial charge >= 0.3 is 6.09 Å². The molecule has 1 aromatic heterocycles. The molecule has 0 aliphatic carbocycles. The van der Waals surface area contributed by atoms with Gasteiger partial charge in [-0.1, -0.05) is 12.8 Å². The third kappa shape index (κ3) is 4.96. The molecule has 2 fully saturated rings. The number of nitrogens with one attached hydrogen (secondary N) is 1. The molecule has 25 heavy (non-hydrogen) atoms. The predicted octanol–water partition coefficient (Wildman–Crippen LogP) is 2.89. The fourth-order valence-electron chi connectivity index (χ4n) is 3.48. The highest BCUT2D eigenvalue weighted by molar-refractivity contribution is 5.67. The van der Waals surface area contributed by atoms with E-state index in [1.54, 1.807) is 4.90 Å². The van der Waals surface area contributed by atoms with E-state index in [-0.39, 0.29) is 6.09 Å². The molecule has 1 amide bonds. The Balaban J connectivity index is 1.53. The van der Waals surface area contributed by atoms with Crippen LogP contribution in [0.2, 0.25) is 0 Å². The van der Waals surface area contributed by atoms with Gasteiger partial charge in [-0.2, -0.15) is 4.98 Å². The van der Waals surface area contributed by atoms with E-state index in [9.17, 15) is 4.79 Å². The Hall–Kier alpha value is -2.05. The molecule has 0 unspecified atom stereocenters. The van der Waals surface area contributed by atoms with Gasteiger partial charge in [-0.3, -0.25) is 0 Å². The van der Waals surface area contributed by atoms with Crippen LogP contribution >= 0.6 is 0 Å². The van der Waals surface area contributed by atoms with E-state index in [1.165, 1.54) is 25.7 Å². The summed E-state index contributed by atoms with van der Waals surface area (Å²) in [6.07, 6.45) is 8.47. The molecule has 0 aromatic carbocycles. The Morgan fingerprint density at radius 1 is 1.20 bits per heavy atom. The molecular weight excluding hydrogens is 318 g/mol. The van der Waals surface area contributed by atoms with Gasteiger partial charge in [0.05, 0.1) is 6.61 Å². The average molecular weight is 347 g/mol. The molecule has 2 aliphatic rings. The lowest BCUT2D eigenvalue weighted by atomic mass is 10.1. The van der Waals surface area contributed by atoms with Crippen molar-refractivity contribution in [3.05, 3.63) is 12.3 Å². The Kier molecular flexibility index (Phi) is 6.30. The van der Waals surface area contributed by atoms with Gasteiger partial charge in [-0.15, -0.1) is 0 Å². The van der Waals surface area contributed by atoms with Gasteiger partial charge in [0.1, 0.15) is 5.82 Å². The van der Waals surface area contributed by atoms with Gasteiger partial charge in [0.2, 0.25) is 5.95 Å². The fourth-order valence-corrected chi connectivity index (χ4v) is 3.48. The van der Waals surface area contributed by atoms with Crippen molar-refractivity contribution < 1.29 is 9.53 Å². The maximum Gasteiger partial charge on any atom is 0.409 e. The molecule has 0 atom stereocenters. The first-order valence-corrected chi connectivity index (χ1v) is 9.52. The minimum Gasteiger partial charge on any atom is -0.450 e. The number of rotatable bonds is 4. The zero-order valence-electron chi connectivity index (χ0n) is 15.1. The van der Waals surface area contributed by atoms with E-state index in [4.69, 9.17) is 9.72 Å². The predicted molar refractivity (Wildman–Crippen MR) is 98.0 cm³/mol. The van der Waals surface area contributed by atoms with Crippen molar-refractivity contribution in [2.75, 3.05) is 43.0 Å². The number of hydrogen-bond acceptors (Lipinski definition) is 6. The normalized spacial score (nSPS) is 19.4. The van der Waals surface area contributed by atoms with Crippen LogP contribution in [0.4, 0.5) is 16.6 Å². The molecule has 1 aromatic rings. The minimum absolute atomic E-state index is 0.202. The summed E-state index contributed by atoms with van der Waals surface area (Å²) in [6, 6.07) is 2.26. The van der Waals surface area contributed by atoms with Crippen molar-refractivity contribution >= 4 is 17.9 Å². The number of carbonyl (C=O) groups excluding carboxylic acids is 1. The Morgan fingerprint density at radius 3 is 2.60 bits per heavy atom. The van der Waals surface area contributed by atoms with Crippen LogP contribution in [0.15, 0.2) is 12.3 Å². The molecule has 7 heteroatoms. The Bertz CT molecular complexity index is 552. The first-order chi connectivity index (χ1) is 12.3. The quantitative estimate of drug-likeness (QED) is 0.903. The summed E-state index contributed by atoms with van der Waals surface area (Å²) < 4.78 is 5.07. The summed E-state index contributed by atoms with van der Waals surface area (Å²) in [5.74, 6) is 1.71. The first kappa shape index (κ1) is 17.8. The lowest BCUT2D eigenvalue weighted by Gasteiger charge is -2.32. The van der Waals surface area contributed by atoms with Gasteiger partial charge in [-0.25, -0.2) is 9.78 Å². The summed E-state index contributed by atoms with van der Waals surface area (Å²) in [5.41, 5.74) is 0. The highest BCUT2D eigenvalue weighted by atomic mass is 16.6. The van der Waals surface area contributed by atoms with Crippen LogP contribution in [0.5, 0.6) is 0 Å². The van der Waals surface area contributed by atoms with E-state index in [0.717, 1.165) is 50.8 Å². The molecule has 3 rings (SSSR count). The molecule has 2 aliphatic heterocycles. The van der Waals surface area contributed by atoms with Gasteiger partial charge < -0.3 is 19.9 Å². The SMILES string of the molecule is CCOC(=O)N1CCC(Nc2ccnc(N3CCCCCC3)n2)CC1. The zero-order valence-corrected chi connectivity index (χ0v) is 15.1. The van der Waals surface area contributed by atoms with Gasteiger partial charge in [-0.05, 0) is 38.7 Å². The molecule has 0 saturated carbocycles. The smallest absolute Gasteiger partial charge is 0.409 e. The number of amides is 1. The molecule has 2 saturated heterocycles. The van der Waals surface area contributed by atoms with Crippen LogP contribution in [-0.4, -0.2) is 59.8 Å². The molecule has 0 radical (unpaired) electrons. The molecule has 7 nitrogen and oxygen atoms in total. The second-order valence-corrected chi connectivity index (χ2v) is 6.75. The summed E-state index contributed by atoms with van der Waals surface area (Å²) in [6.45, 7) is 5.80. The molecule has 138 valence electrons. The van der Waals surface area contributed by atoms with Crippen molar-refractivity contribution in [3.63, 3.8) is 0 Å². The third-order valence-electron chi connectivity index (χ3n) is 4.90. The highest BCUT2D eigenvalue weighted by Crippen LogP contribution is 2.19. The summed E-state index contributed by atoms with van der Waals surface area (Å²) in [7, 11) is 0. The zero-order chi connectivity index (χ0) is 17.5. The lowest BCUT2D eigenvalue weighted by Crippen LogP contribution is -2.42. The highest BCUT2D eigenvalue weighted by Gasteiger charge is 2.24. The van der Waals surface area contributed by atoms with Crippen LogP contribution in [0.25, 0.3) is 0 Å². The topological polar surface area (TPSA) is 70.6 Å². The van der Waals surface area contributed by atoms with Crippen LogP contribution < -0.4 is 10.2 Å². The number of likely N-dealkylation sites (tertiary alicyclic amines) is 1. The molecule has 1 N–H and O–H groups in total. The lowest BCUT2D eigenvalue weighted by molar-refractivity contribution is 0.0983. The molecule has 3 heterocycles. The number of nitrogens with zero attached hydrogens (tertiary/aromatic N) is 4. The summed E-state index contributed by atoms with van der Waals surface area (Å²) in [5, 5.41) is 3.51. The number of piperidine rings is 1. The van der Waals surface area contributed by atoms with E-state index in [2.05, 4.69) is 15.2 Å². The largest absolute Gasteiger partial charge is 0.450 e. The van der Waals surface area contributed by atoms with Crippen LogP contribution in [0, 0.1) is 0 Å². The van der Waals surface area contributed by atoms with Crippen LogP contribution in [0.1, 0.15) is 45.4 Å². The van der Waals surface area contributed by atoms with Crippen molar-refractivity contribution in [2.24, 2.45) is 0 Å². The average Bonchev–Trinajstić information content (AvgIpc) is 2.92. The van der Waals surface area contributed by atoms with Crippen molar-refractivity contribution in [1.29, 1.82) is 0 Å². The number of aromatic nitrogens is 2. The van der Waals surface area contributed by atoms with Crippen molar-refractivity contribution in [2.45, 2.75) is 51.5 Å². The van der Waals surface area contributed by atoms with Crippen LogP contribution in [-0.2, 0) is 4.74 Å². The van der Waals surface area contributed by atoms with Gasteiger partial charge in [0.25, 0.3) is 0 Å². The van der Waals surface area contributed by atoms with E-state index < -0.39 is 0 Å². The van der Waals surface area contributed by atoms with Crippen molar-refractivity contribution in [3.8, 4) is 0 Å². The number of anilines is 2. The third-order valence-corrected chi connectivity index (χ3v) is 4.90. The van der Waals surface area contributed by atoms with Crippen LogP contribution in [0.3, 0.4) is 0 Å². The molecule has 0 spiro atoms. The number of ether oxygens (including phenoxy) is 1. The maximum atomic E-state index is 11.8. The van der Waals surface area contributed by atoms with Gasteiger partial charge in [0, 0.05) is 38.4 Å². The monoisotopic (exact) mass is 347 g/mol. The second kappa shape index (κ2) is 8.87. The number of hydrogen-bond donors (Lipinski definition) is 1. The van der Waals surface area contributed by atoms with E-state index in [0.29, 0.717) is 12.6 Å². The number of carbonyl (C=O) groups is 1. The fraction of sp³-hybridized carbons (Fsp3) is 0.722. The van der Waals surface area contributed by atoms with E-state index >= 15 is 0 Å². The minimum atomic E-state index is -0.202. The Labute approximate surface area is 149 Å². The maximum absolute atomic E-state index is 11.8. The van der Waals surface area contributed by atoms with E-state index in [1.807, 2.05) is 19.2 Å². The van der Waals surface area contributed by atoms with Gasteiger partial charge in [0.15, 0.2) is 0 Å². The standard InChI is InChI=1S/C18H29N5O2/c1-2-25-18(24)23-13-8-15(9-14-23)20-16-7-10-19-17(21-16)22-11-5-3-4-6-12-22/h7,10,15H,2-6,8-9,11-14H2,1H3,(H,19,20,21). The first-order valence-electron chi connectivity index (χ1n) is 9.52. The molecular formula is C18H29N5O2. The summed E-state index contributed by atoms with van der Waals surface area (Å²) >= 11 is 0.